The van der Waals surface area contributed by atoms with Crippen LogP contribution in [0.25, 0.3) is 10.2 Å². The number of carbonyl (C=O) groups is 1. The van der Waals surface area contributed by atoms with Gasteiger partial charge >= 0.3 is 0 Å². The van der Waals surface area contributed by atoms with Crippen LogP contribution in [0.2, 0.25) is 0 Å². The van der Waals surface area contributed by atoms with Crippen LogP contribution in [0.4, 0.5) is 5.69 Å². The van der Waals surface area contributed by atoms with E-state index >= 15 is 0 Å². The standard InChI is InChI=1S/C10H11NO.C9H10NS.HI/c1-3-11(9(2)12)10-7-5-4-6-8-10;1-2-10-7-11-9-6-4-3-5-8(9)10;/h3-8H,1H2,2H3;3-7H,2H2,1H3;1H/q;+1;/p-1. The van der Waals surface area contributed by atoms with Crippen LogP contribution in [0.3, 0.4) is 0 Å². The van der Waals surface area contributed by atoms with Crippen LogP contribution in [-0.2, 0) is 11.3 Å². The van der Waals surface area contributed by atoms with E-state index in [1.807, 2.05) is 30.3 Å². The predicted octanol–water partition coefficient (Wildman–Crippen LogP) is 1.40. The molecule has 0 N–H and O–H groups in total. The molecule has 0 saturated heterocycles. The third kappa shape index (κ3) is 5.14. The minimum atomic E-state index is -0.0313. The van der Waals surface area contributed by atoms with Crippen LogP contribution >= 0.6 is 11.3 Å². The van der Waals surface area contributed by atoms with Gasteiger partial charge in [0.2, 0.25) is 16.9 Å². The van der Waals surface area contributed by atoms with E-state index in [9.17, 15) is 4.79 Å². The van der Waals surface area contributed by atoms with Crippen LogP contribution in [0.5, 0.6) is 0 Å². The number of thiazole rings is 1. The summed E-state index contributed by atoms with van der Waals surface area (Å²) in [6, 6.07) is 17.9. The Bertz CT molecular complexity index is 786. The van der Waals surface area contributed by atoms with Crippen molar-refractivity contribution in [1.29, 1.82) is 0 Å². The van der Waals surface area contributed by atoms with Gasteiger partial charge < -0.3 is 24.0 Å². The molecule has 0 saturated carbocycles. The lowest BCUT2D eigenvalue weighted by Crippen LogP contribution is -3.00. The quantitative estimate of drug-likeness (QED) is 0.436. The lowest BCUT2D eigenvalue weighted by molar-refractivity contribution is -0.663. The summed E-state index contributed by atoms with van der Waals surface area (Å²) in [5.74, 6) is -0.0313. The monoisotopic (exact) mass is 452 g/mol. The number of amides is 1. The van der Waals surface area contributed by atoms with Crippen molar-refractivity contribution in [3.63, 3.8) is 0 Å². The first-order valence-electron chi connectivity index (χ1n) is 7.50. The number of halogens is 1. The molecular weight excluding hydrogens is 431 g/mol. The number of anilines is 1. The Morgan fingerprint density at radius 2 is 1.79 bits per heavy atom. The molecule has 0 aliphatic rings. The Labute approximate surface area is 164 Å². The Hall–Kier alpha value is -1.73. The number of nitrogens with zero attached hydrogens (tertiary/aromatic N) is 2. The van der Waals surface area contributed by atoms with E-state index in [0.29, 0.717) is 0 Å². The highest BCUT2D eigenvalue weighted by molar-refractivity contribution is 7.16. The van der Waals surface area contributed by atoms with Crippen LogP contribution in [-0.4, -0.2) is 5.91 Å². The van der Waals surface area contributed by atoms with Crippen LogP contribution in [0.15, 0.2) is 72.9 Å². The SMILES string of the molecule is C=CN(C(C)=O)c1ccccc1.CC[n+]1csc2ccccc21.[I-]. The van der Waals surface area contributed by atoms with Crippen molar-refractivity contribution in [3.8, 4) is 0 Å². The molecule has 3 rings (SSSR count). The summed E-state index contributed by atoms with van der Waals surface area (Å²) in [7, 11) is 0. The first-order valence-corrected chi connectivity index (χ1v) is 8.38. The number of carbonyl (C=O) groups excluding carboxylic acids is 1. The molecule has 0 fully saturated rings. The largest absolute Gasteiger partial charge is 1.00 e. The summed E-state index contributed by atoms with van der Waals surface area (Å²) in [5.41, 5.74) is 4.37. The molecule has 0 spiro atoms. The molecule has 126 valence electrons. The molecule has 0 bridgehead atoms. The molecular formula is C19H21IN2OS. The highest BCUT2D eigenvalue weighted by Crippen LogP contribution is 2.14. The van der Waals surface area contributed by atoms with Gasteiger partial charge in [0.1, 0.15) is 11.2 Å². The minimum Gasteiger partial charge on any atom is -1.00 e. The number of fused-ring (bicyclic) bond motifs is 1. The molecule has 0 radical (unpaired) electrons. The minimum absolute atomic E-state index is 0. The number of hydrogen-bond acceptors (Lipinski definition) is 2. The molecule has 1 amide bonds. The van der Waals surface area contributed by atoms with Gasteiger partial charge in [0, 0.05) is 24.9 Å². The van der Waals surface area contributed by atoms with Gasteiger partial charge in [0.15, 0.2) is 0 Å². The Morgan fingerprint density at radius 1 is 1.17 bits per heavy atom. The third-order valence-electron chi connectivity index (χ3n) is 3.38. The summed E-state index contributed by atoms with van der Waals surface area (Å²) >= 11 is 1.80. The Morgan fingerprint density at radius 3 is 2.38 bits per heavy atom. The van der Waals surface area contributed by atoms with Crippen molar-refractivity contribution in [1.82, 2.24) is 0 Å². The maximum Gasteiger partial charge on any atom is 0.227 e. The molecule has 2 aromatic carbocycles. The second-order valence-electron chi connectivity index (χ2n) is 4.88. The third-order valence-corrected chi connectivity index (χ3v) is 4.34. The zero-order chi connectivity index (χ0) is 16.7. The van der Waals surface area contributed by atoms with Crippen molar-refractivity contribution in [2.45, 2.75) is 20.4 Å². The van der Waals surface area contributed by atoms with E-state index in [1.54, 1.807) is 11.3 Å². The predicted molar refractivity (Wildman–Crippen MR) is 97.5 cm³/mol. The average Bonchev–Trinajstić information content (AvgIpc) is 3.00. The van der Waals surface area contributed by atoms with E-state index in [4.69, 9.17) is 0 Å². The summed E-state index contributed by atoms with van der Waals surface area (Å²) in [6.07, 6.45) is 1.51. The molecule has 0 aliphatic carbocycles. The summed E-state index contributed by atoms with van der Waals surface area (Å²) < 4.78 is 3.63. The molecule has 3 nitrogen and oxygen atoms in total. The highest BCUT2D eigenvalue weighted by Gasteiger charge is 2.06. The van der Waals surface area contributed by atoms with Gasteiger partial charge in [-0.15, -0.1) is 0 Å². The number of aryl methyl sites for hydroxylation is 1. The van der Waals surface area contributed by atoms with Gasteiger partial charge in [-0.05, 0) is 25.1 Å². The van der Waals surface area contributed by atoms with Gasteiger partial charge in [-0.1, -0.05) is 48.2 Å². The van der Waals surface area contributed by atoms with E-state index in [0.717, 1.165) is 12.2 Å². The highest BCUT2D eigenvalue weighted by atomic mass is 127. The lowest BCUT2D eigenvalue weighted by atomic mass is 10.3. The fraction of sp³-hybridized carbons (Fsp3) is 0.158. The van der Waals surface area contributed by atoms with Crippen molar-refractivity contribution in [2.75, 3.05) is 4.90 Å². The van der Waals surface area contributed by atoms with Crippen molar-refractivity contribution >= 4 is 33.1 Å². The molecule has 1 aromatic heterocycles. The second kappa shape index (κ2) is 10.2. The molecule has 24 heavy (non-hydrogen) atoms. The molecule has 3 aromatic rings. The average molecular weight is 452 g/mol. The van der Waals surface area contributed by atoms with Gasteiger partial charge in [0.05, 0.1) is 0 Å². The molecule has 0 aliphatic heterocycles. The fourth-order valence-electron chi connectivity index (χ4n) is 2.22. The lowest BCUT2D eigenvalue weighted by Gasteiger charge is -2.14. The summed E-state index contributed by atoms with van der Waals surface area (Å²) in [5, 5.41) is 0. The molecule has 1 heterocycles. The van der Waals surface area contributed by atoms with Crippen LogP contribution < -0.4 is 33.4 Å². The number of benzene rings is 2. The fourth-order valence-corrected chi connectivity index (χ4v) is 3.19. The zero-order valence-electron chi connectivity index (χ0n) is 13.9. The van der Waals surface area contributed by atoms with Gasteiger partial charge in [-0.2, -0.15) is 4.57 Å². The maximum atomic E-state index is 11.0. The summed E-state index contributed by atoms with van der Waals surface area (Å²) in [4.78, 5) is 12.5. The topological polar surface area (TPSA) is 24.2 Å². The van der Waals surface area contributed by atoms with Crippen molar-refractivity contribution < 1.29 is 33.3 Å². The van der Waals surface area contributed by atoms with Gasteiger partial charge in [0.25, 0.3) is 0 Å². The number of hydrogen-bond donors (Lipinski definition) is 0. The zero-order valence-corrected chi connectivity index (χ0v) is 16.8. The van der Waals surface area contributed by atoms with Crippen molar-refractivity contribution in [3.05, 3.63) is 72.9 Å². The van der Waals surface area contributed by atoms with Crippen LogP contribution in [0, 0.1) is 0 Å². The molecule has 5 heteroatoms. The number of aromatic nitrogens is 1. The van der Waals surface area contributed by atoms with E-state index in [-0.39, 0.29) is 29.9 Å². The van der Waals surface area contributed by atoms with Gasteiger partial charge in [-0.25, -0.2) is 0 Å². The van der Waals surface area contributed by atoms with Crippen LogP contribution in [0.1, 0.15) is 13.8 Å². The Balaban J connectivity index is 0.000000231. The first-order chi connectivity index (χ1) is 11.2. The van der Waals surface area contributed by atoms with Crippen molar-refractivity contribution in [2.24, 2.45) is 0 Å². The number of para-hydroxylation sites is 2. The normalized spacial score (nSPS) is 9.42. The molecule has 0 atom stereocenters. The summed E-state index contributed by atoms with van der Waals surface area (Å²) in [6.45, 7) is 8.30. The Kier molecular flexibility index (Phi) is 8.63. The maximum absolute atomic E-state index is 11.0. The van der Waals surface area contributed by atoms with Gasteiger partial charge in [-0.3, -0.25) is 9.69 Å². The van der Waals surface area contributed by atoms with E-state index < -0.39 is 0 Å². The second-order valence-corrected chi connectivity index (χ2v) is 5.77. The van der Waals surface area contributed by atoms with E-state index in [2.05, 4.69) is 47.8 Å². The molecule has 0 unspecified atom stereocenters. The van der Waals surface area contributed by atoms with E-state index in [1.165, 1.54) is 28.2 Å². The number of rotatable bonds is 3. The first kappa shape index (κ1) is 20.3. The smallest absolute Gasteiger partial charge is 0.227 e.